The summed E-state index contributed by atoms with van der Waals surface area (Å²) in [7, 11) is 0. The maximum atomic E-state index is 10.9. The molecule has 0 aromatic heterocycles. The smallest absolute Gasteiger partial charge is 0.315 e. The average molecular weight is 294 g/mol. The minimum absolute atomic E-state index is 0.0223. The molecule has 5 nitrogen and oxygen atoms in total. The molecule has 0 spiro atoms. The van der Waals surface area contributed by atoms with E-state index in [4.69, 9.17) is 18.9 Å². The Labute approximate surface area is 121 Å². The Morgan fingerprint density at radius 1 is 0.947 bits per heavy atom. The second-order valence-electron chi connectivity index (χ2n) is 4.39. The molecule has 0 bridgehead atoms. The van der Waals surface area contributed by atoms with Crippen LogP contribution in [0.15, 0.2) is 0 Å². The molecule has 114 valence electrons. The van der Waals surface area contributed by atoms with Gasteiger partial charge < -0.3 is 18.9 Å². The molecule has 0 N–H and O–H groups in total. The van der Waals surface area contributed by atoms with Crippen LogP contribution < -0.4 is 0 Å². The number of ether oxygens (including phenoxy) is 4. The maximum absolute atomic E-state index is 10.9. The first-order chi connectivity index (χ1) is 8.99. The van der Waals surface area contributed by atoms with Crippen LogP contribution in [0.1, 0.15) is 27.7 Å². The Balaban J connectivity index is 3.60. The van der Waals surface area contributed by atoms with Gasteiger partial charge in [0.1, 0.15) is 6.61 Å². The number of hydrogen-bond donors (Lipinski definition) is 1. The molecule has 0 saturated carbocycles. The van der Waals surface area contributed by atoms with Crippen molar-refractivity contribution in [1.29, 1.82) is 0 Å². The van der Waals surface area contributed by atoms with Crippen LogP contribution in [0.5, 0.6) is 0 Å². The van der Waals surface area contributed by atoms with Gasteiger partial charge in [0.15, 0.2) is 0 Å². The SMILES string of the molecule is CCOC(C)COC(C)COC(C)COC(=O)CS. The van der Waals surface area contributed by atoms with Crippen LogP contribution in [-0.2, 0) is 23.7 Å². The van der Waals surface area contributed by atoms with Crippen molar-refractivity contribution in [1.82, 2.24) is 0 Å². The molecule has 0 heterocycles. The molecule has 3 unspecified atom stereocenters. The molecule has 0 aliphatic heterocycles. The molecular formula is C13H26O5S. The lowest BCUT2D eigenvalue weighted by Gasteiger charge is -2.19. The Kier molecular flexibility index (Phi) is 11.3. The van der Waals surface area contributed by atoms with Crippen LogP contribution in [0.4, 0.5) is 0 Å². The van der Waals surface area contributed by atoms with Gasteiger partial charge in [0.2, 0.25) is 0 Å². The van der Waals surface area contributed by atoms with E-state index in [0.717, 1.165) is 0 Å². The van der Waals surface area contributed by atoms with E-state index in [9.17, 15) is 4.79 Å². The molecule has 0 aromatic carbocycles. The van der Waals surface area contributed by atoms with E-state index in [0.29, 0.717) is 19.8 Å². The lowest BCUT2D eigenvalue weighted by Crippen LogP contribution is -2.27. The van der Waals surface area contributed by atoms with Crippen molar-refractivity contribution in [2.75, 3.05) is 32.2 Å². The Bertz CT molecular complexity index is 237. The third-order valence-corrected chi connectivity index (χ3v) is 2.55. The summed E-state index contributed by atoms with van der Waals surface area (Å²) < 4.78 is 21.4. The van der Waals surface area contributed by atoms with Gasteiger partial charge in [-0.1, -0.05) is 0 Å². The van der Waals surface area contributed by atoms with E-state index in [1.54, 1.807) is 0 Å². The molecule has 19 heavy (non-hydrogen) atoms. The Hall–Kier alpha value is -0.300. The zero-order chi connectivity index (χ0) is 14.7. The lowest BCUT2D eigenvalue weighted by molar-refractivity contribution is -0.145. The van der Waals surface area contributed by atoms with Crippen molar-refractivity contribution in [2.45, 2.75) is 46.0 Å². The standard InChI is InChI=1S/C13H26O5S/c1-5-15-10(2)6-16-11(3)7-17-12(4)8-18-13(14)9-19/h10-12,19H,5-9H2,1-4H3. The maximum Gasteiger partial charge on any atom is 0.315 e. The van der Waals surface area contributed by atoms with Gasteiger partial charge in [-0.2, -0.15) is 12.6 Å². The summed E-state index contributed by atoms with van der Waals surface area (Å²) in [5, 5.41) is 0. The zero-order valence-corrected chi connectivity index (χ0v) is 13.2. The van der Waals surface area contributed by atoms with Crippen LogP contribution in [0.3, 0.4) is 0 Å². The van der Waals surface area contributed by atoms with E-state index < -0.39 is 0 Å². The number of rotatable bonds is 11. The van der Waals surface area contributed by atoms with E-state index >= 15 is 0 Å². The summed E-state index contributed by atoms with van der Waals surface area (Å²) in [6.45, 7) is 9.63. The number of esters is 1. The monoisotopic (exact) mass is 294 g/mol. The average Bonchev–Trinajstić information content (AvgIpc) is 2.40. The van der Waals surface area contributed by atoms with Crippen LogP contribution in [0.25, 0.3) is 0 Å². The fourth-order valence-corrected chi connectivity index (χ4v) is 1.38. The minimum Gasteiger partial charge on any atom is -0.462 e. The lowest BCUT2D eigenvalue weighted by atomic mass is 10.4. The second kappa shape index (κ2) is 11.5. The van der Waals surface area contributed by atoms with Crippen molar-refractivity contribution < 1.29 is 23.7 Å². The highest BCUT2D eigenvalue weighted by Gasteiger charge is 2.10. The van der Waals surface area contributed by atoms with Gasteiger partial charge in [0.05, 0.1) is 37.3 Å². The number of thiol groups is 1. The van der Waals surface area contributed by atoms with Crippen molar-refractivity contribution in [2.24, 2.45) is 0 Å². The van der Waals surface area contributed by atoms with E-state index in [-0.39, 0.29) is 36.6 Å². The van der Waals surface area contributed by atoms with Gasteiger partial charge in [0, 0.05) is 6.61 Å². The van der Waals surface area contributed by atoms with Gasteiger partial charge in [-0.3, -0.25) is 4.79 Å². The molecular weight excluding hydrogens is 268 g/mol. The molecule has 0 amide bonds. The molecule has 3 atom stereocenters. The predicted molar refractivity (Wildman–Crippen MR) is 76.7 cm³/mol. The summed E-state index contributed by atoms with van der Waals surface area (Å²) in [5.41, 5.74) is 0. The third-order valence-electron chi connectivity index (χ3n) is 2.29. The van der Waals surface area contributed by atoms with Gasteiger partial charge in [0.25, 0.3) is 0 Å². The predicted octanol–water partition coefficient (Wildman–Crippen LogP) is 1.69. The number of carbonyl (C=O) groups excluding carboxylic acids is 1. The van der Waals surface area contributed by atoms with Gasteiger partial charge in [-0.05, 0) is 27.7 Å². The highest BCUT2D eigenvalue weighted by Crippen LogP contribution is 2.00. The fraction of sp³-hybridized carbons (Fsp3) is 0.923. The largest absolute Gasteiger partial charge is 0.462 e. The quantitative estimate of drug-likeness (QED) is 0.464. The molecule has 0 aliphatic carbocycles. The minimum atomic E-state index is -0.339. The molecule has 0 saturated heterocycles. The van der Waals surface area contributed by atoms with E-state index in [1.165, 1.54) is 0 Å². The third kappa shape index (κ3) is 11.2. The number of carbonyl (C=O) groups is 1. The fourth-order valence-electron chi connectivity index (χ4n) is 1.28. The van der Waals surface area contributed by atoms with Crippen molar-refractivity contribution in [3.8, 4) is 0 Å². The summed E-state index contributed by atoms with van der Waals surface area (Å²) in [6, 6.07) is 0. The van der Waals surface area contributed by atoms with Crippen LogP contribution in [0, 0.1) is 0 Å². The van der Waals surface area contributed by atoms with Crippen LogP contribution >= 0.6 is 12.6 Å². The highest BCUT2D eigenvalue weighted by atomic mass is 32.1. The first-order valence-electron chi connectivity index (χ1n) is 6.60. The Morgan fingerprint density at radius 2 is 1.42 bits per heavy atom. The molecule has 0 fully saturated rings. The van der Waals surface area contributed by atoms with Crippen molar-refractivity contribution >= 4 is 18.6 Å². The zero-order valence-electron chi connectivity index (χ0n) is 12.3. The molecule has 6 heteroatoms. The van der Waals surface area contributed by atoms with E-state index in [2.05, 4.69) is 12.6 Å². The summed E-state index contributed by atoms with van der Waals surface area (Å²) >= 11 is 3.82. The van der Waals surface area contributed by atoms with Crippen molar-refractivity contribution in [3.63, 3.8) is 0 Å². The number of hydrogen-bond acceptors (Lipinski definition) is 6. The normalized spacial score (nSPS) is 15.8. The first-order valence-corrected chi connectivity index (χ1v) is 7.24. The van der Waals surface area contributed by atoms with E-state index in [1.807, 2.05) is 27.7 Å². The second-order valence-corrected chi connectivity index (χ2v) is 4.71. The van der Waals surface area contributed by atoms with Gasteiger partial charge >= 0.3 is 5.97 Å². The summed E-state index contributed by atoms with van der Waals surface area (Å²) in [6.07, 6.45) is -0.0913. The van der Waals surface area contributed by atoms with Crippen LogP contribution in [-0.4, -0.2) is 56.5 Å². The molecule has 0 rings (SSSR count). The van der Waals surface area contributed by atoms with Gasteiger partial charge in [-0.15, -0.1) is 0 Å². The first kappa shape index (κ1) is 18.7. The summed E-state index contributed by atoms with van der Waals surface area (Å²) in [4.78, 5) is 10.9. The topological polar surface area (TPSA) is 54.0 Å². The molecule has 0 aliphatic rings. The van der Waals surface area contributed by atoms with Crippen LogP contribution in [0.2, 0.25) is 0 Å². The molecule has 0 radical (unpaired) electrons. The Morgan fingerprint density at radius 3 is 1.89 bits per heavy atom. The molecule has 0 aromatic rings. The summed E-state index contributed by atoms with van der Waals surface area (Å²) in [5.74, 6) is -0.254. The van der Waals surface area contributed by atoms with Gasteiger partial charge in [-0.25, -0.2) is 0 Å². The highest BCUT2D eigenvalue weighted by molar-refractivity contribution is 7.81. The van der Waals surface area contributed by atoms with Crippen molar-refractivity contribution in [3.05, 3.63) is 0 Å².